The van der Waals surface area contributed by atoms with Crippen molar-refractivity contribution in [1.82, 2.24) is 0 Å². The number of carbonyl (C=O) groups excluding carboxylic acids is 1. The van der Waals surface area contributed by atoms with E-state index in [1.54, 1.807) is 0 Å². The minimum Gasteiger partial charge on any atom is -0.469 e. The Morgan fingerprint density at radius 3 is 3.31 bits per heavy atom. The van der Waals surface area contributed by atoms with Gasteiger partial charge >= 0.3 is 0 Å². The first-order valence-electron chi connectivity index (χ1n) is 4.06. The molecule has 1 aromatic rings. The van der Waals surface area contributed by atoms with E-state index in [0.717, 1.165) is 10.8 Å². The first-order chi connectivity index (χ1) is 6.31. The third kappa shape index (κ3) is 1.52. The minimum absolute atomic E-state index is 0.101. The highest BCUT2D eigenvalue weighted by Crippen LogP contribution is 2.35. The molecule has 0 aromatic carbocycles. The molecule has 1 aliphatic heterocycles. The Bertz CT molecular complexity index is 324. The van der Waals surface area contributed by atoms with Crippen LogP contribution in [-0.2, 0) is 4.79 Å². The first-order valence-corrected chi connectivity index (χ1v) is 4.94. The molecule has 5 heteroatoms. The molecule has 2 rings (SSSR count). The number of hydrogen-bond donors (Lipinski definition) is 2. The molecule has 0 fully saturated rings. The molecule has 0 saturated carbocycles. The maximum absolute atomic E-state index is 11.4. The second-order valence-corrected chi connectivity index (χ2v) is 3.67. The molecule has 4 nitrogen and oxygen atoms in total. The molecule has 1 aromatic heterocycles. The number of thiophene rings is 1. The van der Waals surface area contributed by atoms with Gasteiger partial charge in [-0.05, 0) is 18.0 Å². The molecule has 1 amide bonds. The van der Waals surface area contributed by atoms with E-state index >= 15 is 0 Å². The Hall–Kier alpha value is -1.07. The van der Waals surface area contributed by atoms with Crippen LogP contribution in [0.5, 0.6) is 5.06 Å². The lowest BCUT2D eigenvalue weighted by molar-refractivity contribution is -0.123. The Labute approximate surface area is 79.7 Å². The lowest BCUT2D eigenvalue weighted by atomic mass is 10.2. The maximum Gasteiger partial charge on any atom is 0.265 e. The zero-order valence-electron chi connectivity index (χ0n) is 6.95. The smallest absolute Gasteiger partial charge is 0.265 e. The molecule has 0 spiro atoms. The monoisotopic (exact) mass is 198 g/mol. The lowest BCUT2D eigenvalue weighted by Gasteiger charge is -2.22. The topological polar surface area (TPSA) is 64.3 Å². The minimum atomic E-state index is -0.420. The van der Waals surface area contributed by atoms with Crippen molar-refractivity contribution in [2.45, 2.75) is 12.5 Å². The molecule has 0 aliphatic carbocycles. The second-order valence-electron chi connectivity index (χ2n) is 2.79. The third-order valence-electron chi connectivity index (χ3n) is 1.86. The number of fused-ring (bicyclic) bond motifs is 1. The highest BCUT2D eigenvalue weighted by atomic mass is 32.1. The van der Waals surface area contributed by atoms with Crippen LogP contribution in [0, 0.1) is 0 Å². The van der Waals surface area contributed by atoms with Gasteiger partial charge in [0.1, 0.15) is 0 Å². The Kier molecular flexibility index (Phi) is 2.20. The van der Waals surface area contributed by atoms with E-state index in [2.05, 4.69) is 5.32 Å². The molecule has 1 unspecified atom stereocenters. The van der Waals surface area contributed by atoms with Gasteiger partial charge in [-0.1, -0.05) is 0 Å². The van der Waals surface area contributed by atoms with Crippen LogP contribution in [-0.4, -0.2) is 18.6 Å². The van der Waals surface area contributed by atoms with Crippen LogP contribution >= 0.6 is 11.3 Å². The predicted molar refractivity (Wildman–Crippen MR) is 51.0 cm³/mol. The molecule has 13 heavy (non-hydrogen) atoms. The zero-order chi connectivity index (χ0) is 9.26. The van der Waals surface area contributed by atoms with Crippen molar-refractivity contribution in [3.05, 3.63) is 11.4 Å². The number of carbonyl (C=O) groups is 1. The standard InChI is InChI=1S/C8H10N2O2S/c9-3-1-6-7(11)10-5-2-4-13-8(5)12-6/h2,4,6H,1,3,9H2,(H,10,11). The van der Waals surface area contributed by atoms with Gasteiger partial charge in [0.2, 0.25) is 0 Å². The fourth-order valence-electron chi connectivity index (χ4n) is 1.22. The fraction of sp³-hybridized carbons (Fsp3) is 0.375. The average Bonchev–Trinajstić information content (AvgIpc) is 2.52. The summed E-state index contributed by atoms with van der Waals surface area (Å²) in [5.41, 5.74) is 6.13. The Balaban J connectivity index is 2.17. The van der Waals surface area contributed by atoms with Gasteiger partial charge in [0.25, 0.3) is 5.91 Å². The van der Waals surface area contributed by atoms with Gasteiger partial charge in [0.15, 0.2) is 11.2 Å². The van der Waals surface area contributed by atoms with Crippen LogP contribution < -0.4 is 15.8 Å². The van der Waals surface area contributed by atoms with Crippen molar-refractivity contribution in [3.8, 4) is 5.06 Å². The van der Waals surface area contributed by atoms with Gasteiger partial charge < -0.3 is 15.8 Å². The summed E-state index contributed by atoms with van der Waals surface area (Å²) in [6, 6.07) is 1.83. The van der Waals surface area contributed by atoms with Crippen LogP contribution in [0.15, 0.2) is 11.4 Å². The summed E-state index contributed by atoms with van der Waals surface area (Å²) >= 11 is 1.48. The maximum atomic E-state index is 11.4. The van der Waals surface area contributed by atoms with Crippen molar-refractivity contribution < 1.29 is 9.53 Å². The van der Waals surface area contributed by atoms with Crippen molar-refractivity contribution in [2.24, 2.45) is 5.73 Å². The summed E-state index contributed by atoms with van der Waals surface area (Å²) in [7, 11) is 0. The average molecular weight is 198 g/mol. The lowest BCUT2D eigenvalue weighted by Crippen LogP contribution is -2.37. The summed E-state index contributed by atoms with van der Waals surface area (Å²) in [4.78, 5) is 11.4. The zero-order valence-corrected chi connectivity index (χ0v) is 7.76. The largest absolute Gasteiger partial charge is 0.469 e. The van der Waals surface area contributed by atoms with E-state index in [1.807, 2.05) is 11.4 Å². The van der Waals surface area contributed by atoms with E-state index in [0.29, 0.717) is 13.0 Å². The molecular weight excluding hydrogens is 188 g/mol. The molecule has 0 bridgehead atoms. The predicted octanol–water partition coefficient (Wildman–Crippen LogP) is 0.796. The van der Waals surface area contributed by atoms with Crippen molar-refractivity contribution >= 4 is 22.9 Å². The van der Waals surface area contributed by atoms with Crippen LogP contribution in [0.1, 0.15) is 6.42 Å². The number of nitrogens with one attached hydrogen (secondary N) is 1. The Morgan fingerprint density at radius 1 is 1.69 bits per heavy atom. The van der Waals surface area contributed by atoms with Gasteiger partial charge in [-0.25, -0.2) is 0 Å². The van der Waals surface area contributed by atoms with E-state index in [9.17, 15) is 4.79 Å². The van der Waals surface area contributed by atoms with Gasteiger partial charge in [-0.2, -0.15) is 0 Å². The van der Waals surface area contributed by atoms with Crippen LogP contribution in [0.25, 0.3) is 0 Å². The molecule has 0 radical (unpaired) electrons. The fourth-order valence-corrected chi connectivity index (χ4v) is 1.96. The molecule has 3 N–H and O–H groups in total. The summed E-state index contributed by atoms with van der Waals surface area (Å²) < 4.78 is 5.45. The third-order valence-corrected chi connectivity index (χ3v) is 2.66. The Morgan fingerprint density at radius 2 is 2.54 bits per heavy atom. The second kappa shape index (κ2) is 3.35. The van der Waals surface area contributed by atoms with E-state index < -0.39 is 6.10 Å². The van der Waals surface area contributed by atoms with Crippen molar-refractivity contribution in [3.63, 3.8) is 0 Å². The summed E-state index contributed by atoms with van der Waals surface area (Å²) in [5.74, 6) is -0.101. The summed E-state index contributed by atoms with van der Waals surface area (Å²) in [5, 5.41) is 5.43. The van der Waals surface area contributed by atoms with Crippen molar-refractivity contribution in [1.29, 1.82) is 0 Å². The summed E-state index contributed by atoms with van der Waals surface area (Å²) in [6.07, 6.45) is 0.138. The van der Waals surface area contributed by atoms with Gasteiger partial charge in [-0.3, -0.25) is 4.79 Å². The van der Waals surface area contributed by atoms with Crippen LogP contribution in [0.4, 0.5) is 5.69 Å². The van der Waals surface area contributed by atoms with Gasteiger partial charge in [-0.15, -0.1) is 11.3 Å². The highest BCUT2D eigenvalue weighted by Gasteiger charge is 2.27. The van der Waals surface area contributed by atoms with E-state index in [1.165, 1.54) is 11.3 Å². The molecule has 70 valence electrons. The number of anilines is 1. The SMILES string of the molecule is NCCC1Oc2sccc2NC1=O. The van der Waals surface area contributed by atoms with Crippen LogP contribution in [0.3, 0.4) is 0 Å². The van der Waals surface area contributed by atoms with Gasteiger partial charge in [0, 0.05) is 6.42 Å². The normalized spacial score (nSPS) is 20.4. The van der Waals surface area contributed by atoms with Gasteiger partial charge in [0.05, 0.1) is 5.69 Å². The van der Waals surface area contributed by atoms with Crippen LogP contribution in [0.2, 0.25) is 0 Å². The number of hydrogen-bond acceptors (Lipinski definition) is 4. The first kappa shape index (κ1) is 8.52. The molecule has 0 saturated heterocycles. The van der Waals surface area contributed by atoms with E-state index in [4.69, 9.17) is 10.5 Å². The quantitative estimate of drug-likeness (QED) is 0.738. The van der Waals surface area contributed by atoms with Crippen molar-refractivity contribution in [2.75, 3.05) is 11.9 Å². The molecule has 2 heterocycles. The highest BCUT2D eigenvalue weighted by molar-refractivity contribution is 7.12. The van der Waals surface area contributed by atoms with E-state index in [-0.39, 0.29) is 5.91 Å². The molecule has 1 aliphatic rings. The number of nitrogens with two attached hydrogens (primary N) is 1. The number of amides is 1. The number of ether oxygens (including phenoxy) is 1. The molecular formula is C8H10N2O2S. The molecule has 1 atom stereocenters. The summed E-state index contributed by atoms with van der Waals surface area (Å²) in [6.45, 7) is 0.457. The number of rotatable bonds is 2.